The van der Waals surface area contributed by atoms with Crippen molar-refractivity contribution in [2.45, 2.75) is 19.4 Å². The minimum atomic E-state index is -0.572. The van der Waals surface area contributed by atoms with Crippen LogP contribution in [-0.4, -0.2) is 23.4 Å². The summed E-state index contributed by atoms with van der Waals surface area (Å²) < 4.78 is 6.27. The SMILES string of the molecule is COC(=O)C#Cc1ccc2n1CCCC2=O. The summed E-state index contributed by atoms with van der Waals surface area (Å²) in [6.45, 7) is 0.777. The van der Waals surface area contributed by atoms with Gasteiger partial charge in [0.05, 0.1) is 18.5 Å². The summed E-state index contributed by atoms with van der Waals surface area (Å²) in [7, 11) is 1.29. The molecule has 0 N–H and O–H groups in total. The van der Waals surface area contributed by atoms with Crippen LogP contribution in [0.25, 0.3) is 0 Å². The lowest BCUT2D eigenvalue weighted by molar-refractivity contribution is -0.133. The fourth-order valence-electron chi connectivity index (χ4n) is 1.75. The normalized spacial score (nSPS) is 13.7. The Kier molecular flexibility index (Phi) is 2.78. The molecule has 0 fully saturated rings. The highest BCUT2D eigenvalue weighted by Gasteiger charge is 2.18. The third kappa shape index (κ3) is 1.84. The number of Topliss-reactive ketones (excluding diaryl/α,β-unsaturated/α-hetero) is 1. The molecule has 1 aromatic heterocycles. The minimum absolute atomic E-state index is 0.136. The molecule has 0 amide bonds. The molecule has 0 spiro atoms. The van der Waals surface area contributed by atoms with Gasteiger partial charge in [0.2, 0.25) is 0 Å². The summed E-state index contributed by atoms with van der Waals surface area (Å²) in [4.78, 5) is 22.4. The van der Waals surface area contributed by atoms with Crippen molar-refractivity contribution in [1.82, 2.24) is 4.57 Å². The minimum Gasteiger partial charge on any atom is -0.459 e. The molecule has 0 saturated carbocycles. The average molecular weight is 217 g/mol. The zero-order valence-corrected chi connectivity index (χ0v) is 8.95. The van der Waals surface area contributed by atoms with E-state index in [1.165, 1.54) is 7.11 Å². The van der Waals surface area contributed by atoms with Crippen molar-refractivity contribution in [1.29, 1.82) is 0 Å². The first-order valence-electron chi connectivity index (χ1n) is 5.05. The molecule has 2 heterocycles. The third-order valence-electron chi connectivity index (χ3n) is 2.53. The lowest BCUT2D eigenvalue weighted by Crippen LogP contribution is -2.17. The van der Waals surface area contributed by atoms with Crippen molar-refractivity contribution in [3.8, 4) is 11.8 Å². The van der Waals surface area contributed by atoms with E-state index in [9.17, 15) is 9.59 Å². The molecule has 82 valence electrons. The van der Waals surface area contributed by atoms with Gasteiger partial charge in [-0.15, -0.1) is 0 Å². The lowest BCUT2D eigenvalue weighted by atomic mass is 10.1. The van der Waals surface area contributed by atoms with Crippen LogP contribution in [0, 0.1) is 11.8 Å². The Morgan fingerprint density at radius 3 is 3.06 bits per heavy atom. The zero-order chi connectivity index (χ0) is 11.5. The van der Waals surface area contributed by atoms with Gasteiger partial charge in [0, 0.05) is 18.9 Å². The van der Waals surface area contributed by atoms with E-state index < -0.39 is 5.97 Å². The molecule has 0 saturated heterocycles. The van der Waals surface area contributed by atoms with E-state index in [0.29, 0.717) is 17.8 Å². The fourth-order valence-corrected chi connectivity index (χ4v) is 1.75. The van der Waals surface area contributed by atoms with Crippen LogP contribution in [-0.2, 0) is 16.1 Å². The number of methoxy groups -OCH3 is 1. The molecule has 0 aliphatic carbocycles. The van der Waals surface area contributed by atoms with Gasteiger partial charge in [0.25, 0.3) is 0 Å². The van der Waals surface area contributed by atoms with E-state index in [0.717, 1.165) is 13.0 Å². The molecule has 16 heavy (non-hydrogen) atoms. The maximum Gasteiger partial charge on any atom is 0.384 e. The van der Waals surface area contributed by atoms with Gasteiger partial charge in [-0.1, -0.05) is 0 Å². The molecule has 1 aliphatic heterocycles. The van der Waals surface area contributed by atoms with Crippen LogP contribution in [0.3, 0.4) is 0 Å². The van der Waals surface area contributed by atoms with Gasteiger partial charge in [0.15, 0.2) is 5.78 Å². The molecule has 1 aromatic rings. The maximum absolute atomic E-state index is 11.5. The second-order valence-corrected chi connectivity index (χ2v) is 3.52. The molecule has 0 aromatic carbocycles. The van der Waals surface area contributed by atoms with Crippen molar-refractivity contribution in [2.24, 2.45) is 0 Å². The lowest BCUT2D eigenvalue weighted by Gasteiger charge is -2.14. The number of rotatable bonds is 0. The Bertz CT molecular complexity index is 502. The molecule has 0 unspecified atom stereocenters. The van der Waals surface area contributed by atoms with E-state index in [1.54, 1.807) is 12.1 Å². The predicted octanol–water partition coefficient (Wildman–Crippen LogP) is 0.989. The second-order valence-electron chi connectivity index (χ2n) is 3.52. The van der Waals surface area contributed by atoms with Crippen LogP contribution in [0.15, 0.2) is 12.1 Å². The fraction of sp³-hybridized carbons (Fsp3) is 0.333. The average Bonchev–Trinajstić information content (AvgIpc) is 2.70. The van der Waals surface area contributed by atoms with E-state index in [-0.39, 0.29) is 5.78 Å². The molecule has 4 heteroatoms. The number of ether oxygens (including phenoxy) is 1. The number of nitrogens with zero attached hydrogens (tertiary/aromatic N) is 1. The Hall–Kier alpha value is -2.02. The van der Waals surface area contributed by atoms with E-state index in [4.69, 9.17) is 0 Å². The van der Waals surface area contributed by atoms with Crippen LogP contribution in [0.1, 0.15) is 29.0 Å². The number of aromatic nitrogens is 1. The monoisotopic (exact) mass is 217 g/mol. The highest BCUT2D eigenvalue weighted by Crippen LogP contribution is 2.18. The summed E-state index contributed by atoms with van der Waals surface area (Å²) in [5, 5.41) is 0. The summed E-state index contributed by atoms with van der Waals surface area (Å²) in [5.41, 5.74) is 1.37. The van der Waals surface area contributed by atoms with Gasteiger partial charge in [-0.05, 0) is 24.5 Å². The number of carbonyl (C=O) groups is 2. The van der Waals surface area contributed by atoms with Crippen molar-refractivity contribution < 1.29 is 14.3 Å². The first-order valence-corrected chi connectivity index (χ1v) is 5.05. The van der Waals surface area contributed by atoms with Crippen molar-refractivity contribution in [3.63, 3.8) is 0 Å². The van der Waals surface area contributed by atoms with Crippen molar-refractivity contribution >= 4 is 11.8 Å². The molecule has 4 nitrogen and oxygen atoms in total. The predicted molar refractivity (Wildman–Crippen MR) is 56.9 cm³/mol. The molecular weight excluding hydrogens is 206 g/mol. The van der Waals surface area contributed by atoms with Gasteiger partial charge in [-0.3, -0.25) is 4.79 Å². The Morgan fingerprint density at radius 2 is 2.31 bits per heavy atom. The van der Waals surface area contributed by atoms with Gasteiger partial charge in [-0.2, -0.15) is 0 Å². The Labute approximate surface area is 93.2 Å². The molecule has 0 radical (unpaired) electrons. The van der Waals surface area contributed by atoms with Crippen molar-refractivity contribution in [3.05, 3.63) is 23.5 Å². The molecule has 0 bridgehead atoms. The number of ketones is 1. The topological polar surface area (TPSA) is 48.3 Å². The Morgan fingerprint density at radius 1 is 1.50 bits per heavy atom. The van der Waals surface area contributed by atoms with Gasteiger partial charge in [0.1, 0.15) is 0 Å². The molecule has 1 aliphatic rings. The molecule has 0 atom stereocenters. The quantitative estimate of drug-likeness (QED) is 0.481. The van der Waals surface area contributed by atoms with Crippen LogP contribution in [0.5, 0.6) is 0 Å². The van der Waals surface area contributed by atoms with Crippen molar-refractivity contribution in [2.75, 3.05) is 7.11 Å². The first-order chi connectivity index (χ1) is 7.72. The number of hydrogen-bond acceptors (Lipinski definition) is 3. The summed E-state index contributed by atoms with van der Waals surface area (Å²) in [5.74, 6) is 4.63. The zero-order valence-electron chi connectivity index (χ0n) is 8.95. The largest absolute Gasteiger partial charge is 0.459 e. The first kappa shape index (κ1) is 10.5. The number of fused-ring (bicyclic) bond motifs is 1. The standard InChI is InChI=1S/C12H11NO3/c1-16-12(15)7-5-9-4-6-10-11(14)3-2-8-13(9)10/h4,6H,2-3,8H2,1H3. The highest BCUT2D eigenvalue weighted by molar-refractivity contribution is 5.95. The highest BCUT2D eigenvalue weighted by atomic mass is 16.5. The number of carbonyl (C=O) groups excluding carboxylic acids is 2. The third-order valence-corrected chi connectivity index (χ3v) is 2.53. The summed E-state index contributed by atoms with van der Waals surface area (Å²) in [6.07, 6.45) is 1.42. The van der Waals surface area contributed by atoms with Gasteiger partial charge < -0.3 is 9.30 Å². The summed E-state index contributed by atoms with van der Waals surface area (Å²) >= 11 is 0. The van der Waals surface area contributed by atoms with Crippen LogP contribution in [0.4, 0.5) is 0 Å². The van der Waals surface area contributed by atoms with Crippen LogP contribution in [0.2, 0.25) is 0 Å². The van der Waals surface area contributed by atoms with E-state index in [2.05, 4.69) is 16.6 Å². The maximum atomic E-state index is 11.5. The molecular formula is C12H11NO3. The van der Waals surface area contributed by atoms with E-state index in [1.807, 2.05) is 4.57 Å². The smallest absolute Gasteiger partial charge is 0.384 e. The summed E-state index contributed by atoms with van der Waals surface area (Å²) in [6, 6.07) is 3.51. The molecule has 2 rings (SSSR count). The Balaban J connectivity index is 2.32. The van der Waals surface area contributed by atoms with Gasteiger partial charge >= 0.3 is 5.97 Å². The van der Waals surface area contributed by atoms with Gasteiger partial charge in [-0.25, -0.2) is 4.79 Å². The second kappa shape index (κ2) is 4.23. The van der Waals surface area contributed by atoms with Crippen LogP contribution >= 0.6 is 0 Å². The van der Waals surface area contributed by atoms with E-state index >= 15 is 0 Å². The van der Waals surface area contributed by atoms with Crippen LogP contribution < -0.4 is 0 Å². The number of esters is 1. The number of hydrogen-bond donors (Lipinski definition) is 0.